The standard InChI is InChI=1S/C6H12N2S2/c1-9-10-6-5-8-4-2-3-7/h8H,2,4-6H2,1H3. The molecule has 0 amide bonds. The summed E-state index contributed by atoms with van der Waals surface area (Å²) in [7, 11) is 3.61. The van der Waals surface area contributed by atoms with Gasteiger partial charge in [-0.2, -0.15) is 5.26 Å². The molecule has 1 N–H and O–H groups in total. The summed E-state index contributed by atoms with van der Waals surface area (Å²) < 4.78 is 0. The molecule has 2 nitrogen and oxygen atoms in total. The van der Waals surface area contributed by atoms with Gasteiger partial charge in [0, 0.05) is 25.3 Å². The lowest BCUT2D eigenvalue weighted by atomic mass is 10.5. The van der Waals surface area contributed by atoms with Crippen molar-refractivity contribution < 1.29 is 0 Å². The molecule has 0 unspecified atom stereocenters. The van der Waals surface area contributed by atoms with Gasteiger partial charge in [-0.05, 0) is 6.26 Å². The molecule has 0 aromatic heterocycles. The first kappa shape index (κ1) is 10.2. The Labute approximate surface area is 70.2 Å². The van der Waals surface area contributed by atoms with E-state index in [1.54, 1.807) is 10.8 Å². The lowest BCUT2D eigenvalue weighted by Gasteiger charge is -1.98. The van der Waals surface area contributed by atoms with Gasteiger partial charge < -0.3 is 5.32 Å². The SMILES string of the molecule is CSSCCNCCC#N. The fourth-order valence-corrected chi connectivity index (χ4v) is 1.61. The van der Waals surface area contributed by atoms with Gasteiger partial charge in [-0.3, -0.25) is 0 Å². The van der Waals surface area contributed by atoms with Crippen molar-refractivity contribution >= 4 is 21.6 Å². The van der Waals surface area contributed by atoms with Crippen molar-refractivity contribution in [1.82, 2.24) is 5.32 Å². The molecular weight excluding hydrogens is 164 g/mol. The topological polar surface area (TPSA) is 35.8 Å². The van der Waals surface area contributed by atoms with Crippen molar-refractivity contribution in [1.29, 1.82) is 5.26 Å². The Balaban J connectivity index is 2.72. The summed E-state index contributed by atoms with van der Waals surface area (Å²) in [6, 6.07) is 2.08. The van der Waals surface area contributed by atoms with E-state index in [2.05, 4.69) is 17.6 Å². The van der Waals surface area contributed by atoms with Crippen LogP contribution in [0, 0.1) is 11.3 Å². The molecular formula is C6H12N2S2. The maximum absolute atomic E-state index is 8.17. The molecule has 0 fully saturated rings. The van der Waals surface area contributed by atoms with Gasteiger partial charge in [-0.15, -0.1) is 0 Å². The van der Waals surface area contributed by atoms with E-state index in [1.807, 2.05) is 10.8 Å². The molecule has 0 aliphatic heterocycles. The Morgan fingerprint density at radius 1 is 1.50 bits per heavy atom. The summed E-state index contributed by atoms with van der Waals surface area (Å²) in [5.74, 6) is 1.12. The normalized spacial score (nSPS) is 9.20. The van der Waals surface area contributed by atoms with Crippen LogP contribution in [0.15, 0.2) is 0 Å². The Hall–Kier alpha value is 0.150. The van der Waals surface area contributed by atoms with Crippen molar-refractivity contribution in [2.45, 2.75) is 6.42 Å². The predicted molar refractivity (Wildman–Crippen MR) is 49.1 cm³/mol. The summed E-state index contributed by atoms with van der Waals surface area (Å²) in [4.78, 5) is 0. The minimum absolute atomic E-state index is 0.615. The molecule has 0 radical (unpaired) electrons. The second kappa shape index (κ2) is 9.15. The van der Waals surface area contributed by atoms with E-state index >= 15 is 0 Å². The molecule has 0 aromatic rings. The Bertz CT molecular complexity index is 100. The fourth-order valence-electron chi connectivity index (χ4n) is 0.466. The zero-order valence-corrected chi connectivity index (χ0v) is 7.73. The van der Waals surface area contributed by atoms with Crippen molar-refractivity contribution in [2.24, 2.45) is 0 Å². The highest BCUT2D eigenvalue weighted by Crippen LogP contribution is 2.14. The quantitative estimate of drug-likeness (QED) is 0.491. The number of hydrogen-bond donors (Lipinski definition) is 1. The summed E-state index contributed by atoms with van der Waals surface area (Å²) >= 11 is 0. The van der Waals surface area contributed by atoms with E-state index in [0.29, 0.717) is 6.42 Å². The third-order valence-electron chi connectivity index (χ3n) is 0.894. The van der Waals surface area contributed by atoms with Gasteiger partial charge in [-0.25, -0.2) is 0 Å². The van der Waals surface area contributed by atoms with Crippen molar-refractivity contribution in [3.8, 4) is 6.07 Å². The van der Waals surface area contributed by atoms with Crippen LogP contribution in [0.4, 0.5) is 0 Å². The van der Waals surface area contributed by atoms with E-state index in [1.165, 1.54) is 0 Å². The van der Waals surface area contributed by atoms with Gasteiger partial charge in [0.1, 0.15) is 0 Å². The first-order valence-electron chi connectivity index (χ1n) is 3.15. The fraction of sp³-hybridized carbons (Fsp3) is 0.833. The highest BCUT2D eigenvalue weighted by Gasteiger charge is 1.85. The third-order valence-corrected chi connectivity index (χ3v) is 2.71. The molecule has 0 atom stereocenters. The molecule has 0 saturated heterocycles. The van der Waals surface area contributed by atoms with Gasteiger partial charge in [0.15, 0.2) is 0 Å². The average Bonchev–Trinajstić information content (AvgIpc) is 1.97. The highest BCUT2D eigenvalue weighted by atomic mass is 33.1. The second-order valence-electron chi connectivity index (χ2n) is 1.65. The van der Waals surface area contributed by atoms with Gasteiger partial charge in [0.05, 0.1) is 6.07 Å². The second-order valence-corrected chi connectivity index (χ2v) is 4.33. The van der Waals surface area contributed by atoms with E-state index in [9.17, 15) is 0 Å². The molecule has 0 spiro atoms. The summed E-state index contributed by atoms with van der Waals surface area (Å²) in [6.07, 6.45) is 2.68. The van der Waals surface area contributed by atoms with E-state index in [-0.39, 0.29) is 0 Å². The molecule has 10 heavy (non-hydrogen) atoms. The third kappa shape index (κ3) is 8.15. The largest absolute Gasteiger partial charge is 0.315 e. The molecule has 0 heterocycles. The van der Waals surface area contributed by atoms with Crippen LogP contribution >= 0.6 is 21.6 Å². The van der Waals surface area contributed by atoms with Gasteiger partial charge in [0.25, 0.3) is 0 Å². The van der Waals surface area contributed by atoms with Crippen molar-refractivity contribution in [3.63, 3.8) is 0 Å². The van der Waals surface area contributed by atoms with Crippen LogP contribution in [0.3, 0.4) is 0 Å². The molecule has 0 saturated carbocycles. The van der Waals surface area contributed by atoms with Crippen molar-refractivity contribution in [3.05, 3.63) is 0 Å². The summed E-state index contributed by atoms with van der Waals surface area (Å²) in [5.41, 5.74) is 0. The van der Waals surface area contributed by atoms with Crippen LogP contribution in [-0.2, 0) is 0 Å². The van der Waals surface area contributed by atoms with E-state index in [0.717, 1.165) is 18.8 Å². The first-order valence-corrected chi connectivity index (χ1v) is 5.88. The molecule has 0 aromatic carbocycles. The number of rotatable bonds is 6. The molecule has 0 bridgehead atoms. The minimum Gasteiger partial charge on any atom is -0.315 e. The first-order chi connectivity index (χ1) is 4.91. The molecule has 58 valence electrons. The zero-order chi connectivity index (χ0) is 7.66. The van der Waals surface area contributed by atoms with Crippen LogP contribution in [0.2, 0.25) is 0 Å². The minimum atomic E-state index is 0.615. The number of nitrogens with zero attached hydrogens (tertiary/aromatic N) is 1. The number of hydrogen-bond acceptors (Lipinski definition) is 4. The molecule has 0 aliphatic rings. The summed E-state index contributed by atoms with van der Waals surface area (Å²) in [5, 5.41) is 11.3. The maximum atomic E-state index is 8.17. The number of nitrogens with one attached hydrogen (secondary N) is 1. The van der Waals surface area contributed by atoms with Crippen LogP contribution in [0.1, 0.15) is 6.42 Å². The van der Waals surface area contributed by atoms with Crippen LogP contribution < -0.4 is 5.32 Å². The highest BCUT2D eigenvalue weighted by molar-refractivity contribution is 8.76. The van der Waals surface area contributed by atoms with Gasteiger partial charge >= 0.3 is 0 Å². The number of nitriles is 1. The predicted octanol–water partition coefficient (Wildman–Crippen LogP) is 1.50. The van der Waals surface area contributed by atoms with Crippen LogP contribution in [0.5, 0.6) is 0 Å². The average molecular weight is 176 g/mol. The molecule has 0 rings (SSSR count). The van der Waals surface area contributed by atoms with Crippen molar-refractivity contribution in [2.75, 3.05) is 25.1 Å². The summed E-state index contributed by atoms with van der Waals surface area (Å²) in [6.45, 7) is 1.83. The smallest absolute Gasteiger partial charge is 0.0635 e. The zero-order valence-electron chi connectivity index (χ0n) is 6.09. The van der Waals surface area contributed by atoms with E-state index in [4.69, 9.17) is 5.26 Å². The lowest BCUT2D eigenvalue weighted by Crippen LogP contribution is -2.17. The Morgan fingerprint density at radius 2 is 2.30 bits per heavy atom. The Kier molecular flexibility index (Phi) is 9.29. The van der Waals surface area contributed by atoms with Gasteiger partial charge in [-0.1, -0.05) is 21.6 Å². The lowest BCUT2D eigenvalue weighted by molar-refractivity contribution is 0.736. The molecule has 4 heteroatoms. The van der Waals surface area contributed by atoms with E-state index < -0.39 is 0 Å². The monoisotopic (exact) mass is 176 g/mol. The van der Waals surface area contributed by atoms with Crippen LogP contribution in [-0.4, -0.2) is 25.1 Å². The Morgan fingerprint density at radius 3 is 2.90 bits per heavy atom. The van der Waals surface area contributed by atoms with Crippen LogP contribution in [0.25, 0.3) is 0 Å². The maximum Gasteiger partial charge on any atom is 0.0635 e. The molecule has 0 aliphatic carbocycles. The van der Waals surface area contributed by atoms with Gasteiger partial charge in [0.2, 0.25) is 0 Å².